The van der Waals surface area contributed by atoms with E-state index in [1.54, 1.807) is 6.20 Å². The summed E-state index contributed by atoms with van der Waals surface area (Å²) in [7, 11) is 0. The lowest BCUT2D eigenvalue weighted by atomic mass is 9.98. The molecular formula is C21H13N3O2S. The molecule has 5 nitrogen and oxygen atoms in total. The van der Waals surface area contributed by atoms with E-state index >= 15 is 0 Å². The molecule has 0 radical (unpaired) electrons. The number of benzene rings is 2. The molecule has 0 bridgehead atoms. The van der Waals surface area contributed by atoms with Gasteiger partial charge in [-0.15, -0.1) is 0 Å². The minimum Gasteiger partial charge on any atom is -0.300 e. The monoisotopic (exact) mass is 371 g/mol. The van der Waals surface area contributed by atoms with Crippen molar-refractivity contribution in [1.29, 1.82) is 0 Å². The van der Waals surface area contributed by atoms with E-state index in [0.29, 0.717) is 10.5 Å². The SMILES string of the molecule is O=C1NC(=O)C(=C(c2ccc3ccccc3c2)c2cnc3ccccn23)S1. The van der Waals surface area contributed by atoms with Gasteiger partial charge in [-0.1, -0.05) is 42.5 Å². The first-order valence-electron chi connectivity index (χ1n) is 8.40. The van der Waals surface area contributed by atoms with Gasteiger partial charge in [0.1, 0.15) is 5.65 Å². The minimum absolute atomic E-state index is 0.359. The Labute approximate surface area is 158 Å². The number of amides is 2. The molecule has 1 aliphatic rings. The van der Waals surface area contributed by atoms with E-state index in [4.69, 9.17) is 0 Å². The van der Waals surface area contributed by atoms with Crippen LogP contribution in [0.1, 0.15) is 11.3 Å². The molecule has 0 unspecified atom stereocenters. The summed E-state index contributed by atoms with van der Waals surface area (Å²) in [5.41, 5.74) is 3.12. The molecular weight excluding hydrogens is 358 g/mol. The number of pyridine rings is 1. The number of hydrogen-bond donors (Lipinski definition) is 1. The lowest BCUT2D eigenvalue weighted by Crippen LogP contribution is -2.18. The van der Waals surface area contributed by atoms with E-state index in [9.17, 15) is 9.59 Å². The highest BCUT2D eigenvalue weighted by Crippen LogP contribution is 2.37. The third-order valence-corrected chi connectivity index (χ3v) is 5.44. The third kappa shape index (κ3) is 2.62. The van der Waals surface area contributed by atoms with Crippen molar-refractivity contribution in [2.45, 2.75) is 0 Å². The molecule has 4 aromatic rings. The van der Waals surface area contributed by atoms with Crippen LogP contribution in [0.15, 0.2) is 78.0 Å². The first-order valence-corrected chi connectivity index (χ1v) is 9.21. The van der Waals surface area contributed by atoms with Crippen LogP contribution < -0.4 is 5.32 Å². The van der Waals surface area contributed by atoms with Gasteiger partial charge in [0, 0.05) is 11.8 Å². The maximum absolute atomic E-state index is 12.5. The van der Waals surface area contributed by atoms with Crippen LogP contribution >= 0.6 is 11.8 Å². The number of rotatable bonds is 2. The number of imide groups is 1. The van der Waals surface area contributed by atoms with E-state index in [1.165, 1.54) is 0 Å². The van der Waals surface area contributed by atoms with Crippen LogP contribution in [-0.4, -0.2) is 20.5 Å². The highest BCUT2D eigenvalue weighted by molar-refractivity contribution is 8.18. The summed E-state index contributed by atoms with van der Waals surface area (Å²) in [6.45, 7) is 0. The van der Waals surface area contributed by atoms with Gasteiger partial charge in [0.25, 0.3) is 11.1 Å². The second kappa shape index (κ2) is 6.10. The van der Waals surface area contributed by atoms with Crippen molar-refractivity contribution in [2.24, 2.45) is 0 Å². The number of carbonyl (C=O) groups excluding carboxylic acids is 2. The second-order valence-corrected chi connectivity index (χ2v) is 7.17. The molecule has 2 amide bonds. The number of imidazole rings is 1. The van der Waals surface area contributed by atoms with Crippen molar-refractivity contribution in [3.63, 3.8) is 0 Å². The molecule has 1 aliphatic heterocycles. The van der Waals surface area contributed by atoms with Crippen molar-refractivity contribution in [1.82, 2.24) is 14.7 Å². The van der Waals surface area contributed by atoms with Gasteiger partial charge in [-0.3, -0.25) is 19.3 Å². The maximum Gasteiger partial charge on any atom is 0.290 e. The van der Waals surface area contributed by atoms with Gasteiger partial charge >= 0.3 is 0 Å². The lowest BCUT2D eigenvalue weighted by Gasteiger charge is -2.11. The van der Waals surface area contributed by atoms with E-state index in [-0.39, 0.29) is 11.1 Å². The molecule has 1 fully saturated rings. The fourth-order valence-electron chi connectivity index (χ4n) is 3.34. The van der Waals surface area contributed by atoms with Gasteiger partial charge in [0.2, 0.25) is 0 Å². The summed E-state index contributed by atoms with van der Waals surface area (Å²) in [6.07, 6.45) is 3.64. The zero-order valence-corrected chi connectivity index (χ0v) is 14.9. The molecule has 6 heteroatoms. The van der Waals surface area contributed by atoms with Crippen molar-refractivity contribution in [3.8, 4) is 0 Å². The summed E-state index contributed by atoms with van der Waals surface area (Å²) < 4.78 is 1.92. The molecule has 1 N–H and O–H groups in total. The number of thioether (sulfide) groups is 1. The normalized spacial score (nSPS) is 16.1. The topological polar surface area (TPSA) is 63.5 Å². The Morgan fingerprint density at radius 1 is 0.963 bits per heavy atom. The number of carbonyl (C=O) groups is 2. The molecule has 0 atom stereocenters. The Balaban J connectivity index is 1.82. The van der Waals surface area contributed by atoms with Crippen molar-refractivity contribution >= 4 is 44.9 Å². The smallest absolute Gasteiger partial charge is 0.290 e. The van der Waals surface area contributed by atoms with Gasteiger partial charge in [0.15, 0.2) is 0 Å². The summed E-state index contributed by atoms with van der Waals surface area (Å²) >= 11 is 0.928. The average molecular weight is 371 g/mol. The van der Waals surface area contributed by atoms with Gasteiger partial charge in [-0.05, 0) is 46.3 Å². The number of nitrogens with one attached hydrogen (secondary N) is 1. The van der Waals surface area contributed by atoms with Crippen molar-refractivity contribution < 1.29 is 9.59 Å². The highest BCUT2D eigenvalue weighted by atomic mass is 32.2. The Hall–Kier alpha value is -3.38. The Bertz CT molecular complexity index is 1270. The quantitative estimate of drug-likeness (QED) is 0.536. The van der Waals surface area contributed by atoms with Crippen molar-refractivity contribution in [2.75, 3.05) is 0 Å². The summed E-state index contributed by atoms with van der Waals surface area (Å²) in [6, 6.07) is 19.8. The van der Waals surface area contributed by atoms with E-state index < -0.39 is 0 Å². The molecule has 27 heavy (non-hydrogen) atoms. The summed E-state index contributed by atoms with van der Waals surface area (Å²) in [4.78, 5) is 29.1. The van der Waals surface area contributed by atoms with Crippen LogP contribution in [-0.2, 0) is 4.79 Å². The van der Waals surface area contributed by atoms with Crippen LogP contribution in [0.5, 0.6) is 0 Å². The number of aromatic nitrogens is 2. The van der Waals surface area contributed by atoms with Gasteiger partial charge < -0.3 is 0 Å². The standard InChI is InChI=1S/C21H13N3O2S/c25-20-19(27-21(26)23-20)18(16-12-22-17-7-3-4-10-24(16)17)15-9-8-13-5-1-2-6-14(13)11-15/h1-12H,(H,23,25,26). The summed E-state index contributed by atoms with van der Waals surface area (Å²) in [5.74, 6) is -0.376. The van der Waals surface area contributed by atoms with Crippen LogP contribution in [0, 0.1) is 0 Å². The van der Waals surface area contributed by atoms with Gasteiger partial charge in [0.05, 0.1) is 16.8 Å². The zero-order chi connectivity index (χ0) is 18.4. The van der Waals surface area contributed by atoms with Crippen LogP contribution in [0.25, 0.3) is 22.0 Å². The fraction of sp³-hybridized carbons (Fsp3) is 0. The van der Waals surface area contributed by atoms with E-state index in [2.05, 4.69) is 10.3 Å². The molecule has 2 aromatic carbocycles. The zero-order valence-electron chi connectivity index (χ0n) is 14.0. The molecule has 3 heterocycles. The van der Waals surface area contributed by atoms with E-state index in [1.807, 2.05) is 71.3 Å². The van der Waals surface area contributed by atoms with Gasteiger partial charge in [-0.25, -0.2) is 4.98 Å². The van der Waals surface area contributed by atoms with Crippen molar-refractivity contribution in [3.05, 3.63) is 89.2 Å². The Kier molecular flexibility index (Phi) is 3.58. The summed E-state index contributed by atoms with van der Waals surface area (Å²) in [5, 5.41) is 4.18. The predicted octanol–water partition coefficient (Wildman–Crippen LogP) is 4.23. The maximum atomic E-state index is 12.5. The third-order valence-electron chi connectivity index (χ3n) is 4.55. The number of nitrogens with zero attached hydrogens (tertiary/aromatic N) is 2. The first kappa shape index (κ1) is 15.8. The first-order chi connectivity index (χ1) is 13.2. The van der Waals surface area contributed by atoms with Crippen LogP contribution in [0.2, 0.25) is 0 Å². The number of hydrogen-bond acceptors (Lipinski definition) is 4. The minimum atomic E-state index is -0.376. The molecule has 1 saturated heterocycles. The molecule has 0 saturated carbocycles. The molecule has 2 aromatic heterocycles. The highest BCUT2D eigenvalue weighted by Gasteiger charge is 2.31. The van der Waals surface area contributed by atoms with E-state index in [0.717, 1.165) is 39.4 Å². The molecule has 0 aliphatic carbocycles. The largest absolute Gasteiger partial charge is 0.300 e. The second-order valence-electron chi connectivity index (χ2n) is 6.18. The number of fused-ring (bicyclic) bond motifs is 2. The molecule has 130 valence electrons. The Morgan fingerprint density at radius 2 is 1.78 bits per heavy atom. The molecule has 5 rings (SSSR count). The Morgan fingerprint density at radius 3 is 2.59 bits per heavy atom. The van der Waals surface area contributed by atoms with Crippen LogP contribution in [0.4, 0.5) is 4.79 Å². The van der Waals surface area contributed by atoms with Gasteiger partial charge in [-0.2, -0.15) is 0 Å². The molecule has 0 spiro atoms. The predicted molar refractivity (Wildman–Crippen MR) is 106 cm³/mol. The lowest BCUT2D eigenvalue weighted by molar-refractivity contribution is -0.115. The average Bonchev–Trinajstić information content (AvgIpc) is 3.25. The van der Waals surface area contributed by atoms with Crippen LogP contribution in [0.3, 0.4) is 0 Å². The fourth-order valence-corrected chi connectivity index (χ4v) is 4.13.